The monoisotopic (exact) mass is 562 g/mol. The summed E-state index contributed by atoms with van der Waals surface area (Å²) in [5, 5.41) is 1.73. The molecule has 4 rings (SSSR count). The molecule has 0 saturated heterocycles. The van der Waals surface area contributed by atoms with Gasteiger partial charge in [-0.1, -0.05) is 0 Å². The van der Waals surface area contributed by atoms with Crippen LogP contribution in [-0.2, 0) is 0 Å². The predicted octanol–water partition coefficient (Wildman–Crippen LogP) is 7.61. The number of hydrogen-bond acceptors (Lipinski definition) is 4. The van der Waals surface area contributed by atoms with Gasteiger partial charge in [0.05, 0.1) is 0 Å². The van der Waals surface area contributed by atoms with E-state index in [2.05, 4.69) is 46.4 Å². The maximum absolute atomic E-state index is 6.95. The number of pyridine rings is 2. The number of nitrogens with zero attached hydrogens (tertiary/aromatic N) is 2. The fraction of sp³-hybridized carbons (Fsp3) is 0. The van der Waals surface area contributed by atoms with Gasteiger partial charge >= 0.3 is 189 Å². The van der Waals surface area contributed by atoms with Gasteiger partial charge in [0.15, 0.2) is 0 Å². The van der Waals surface area contributed by atoms with E-state index in [1.165, 1.54) is 17.9 Å². The van der Waals surface area contributed by atoms with Gasteiger partial charge in [-0.2, -0.15) is 0 Å². The van der Waals surface area contributed by atoms with Crippen LogP contribution < -0.4 is 0 Å². The molecular formula is C22H16Cl2N2S2Sn. The van der Waals surface area contributed by atoms with Crippen LogP contribution in [-0.4, -0.2) is 23.3 Å². The van der Waals surface area contributed by atoms with Crippen LogP contribution in [0.1, 0.15) is 0 Å². The van der Waals surface area contributed by atoms with E-state index in [-0.39, 0.29) is 0 Å². The third-order valence-electron chi connectivity index (χ3n) is 4.14. The van der Waals surface area contributed by atoms with Crippen molar-refractivity contribution in [3.05, 3.63) is 97.3 Å². The zero-order chi connectivity index (χ0) is 20.1. The molecule has 0 atom stereocenters. The van der Waals surface area contributed by atoms with Gasteiger partial charge in [-0.15, -0.1) is 0 Å². The number of rotatable bonds is 6. The first-order valence-electron chi connectivity index (χ1n) is 8.89. The van der Waals surface area contributed by atoms with E-state index in [0.29, 0.717) is 0 Å². The number of halogens is 2. The Bertz CT molecular complexity index is 1010. The van der Waals surface area contributed by atoms with E-state index in [1.54, 1.807) is 12.4 Å². The minimum atomic E-state index is -3.71. The van der Waals surface area contributed by atoms with Crippen LogP contribution in [0.25, 0.3) is 22.3 Å². The molecule has 0 aliphatic heterocycles. The molecule has 0 radical (unpaired) electrons. The van der Waals surface area contributed by atoms with E-state index < -0.39 is 13.4 Å². The molecule has 0 spiro atoms. The Morgan fingerprint density at radius 3 is 1.38 bits per heavy atom. The van der Waals surface area contributed by atoms with Gasteiger partial charge in [-0.25, -0.2) is 0 Å². The molecule has 0 aliphatic rings. The average molecular weight is 562 g/mol. The molecule has 2 nitrogen and oxygen atoms in total. The van der Waals surface area contributed by atoms with Crippen molar-refractivity contribution >= 4 is 49.1 Å². The van der Waals surface area contributed by atoms with Crippen LogP contribution >= 0.6 is 35.7 Å². The number of hydrogen-bond donors (Lipinski definition) is 0. The van der Waals surface area contributed by atoms with E-state index in [9.17, 15) is 0 Å². The Morgan fingerprint density at radius 1 is 0.552 bits per heavy atom. The quantitative estimate of drug-likeness (QED) is 0.226. The summed E-state index contributed by atoms with van der Waals surface area (Å²) in [6.07, 6.45) is 3.57. The second-order valence-electron chi connectivity index (χ2n) is 6.11. The molecule has 4 aromatic rings. The number of aromatic nitrogens is 2. The summed E-state index contributed by atoms with van der Waals surface area (Å²) >= 11 is -3.71. The van der Waals surface area contributed by atoms with Crippen molar-refractivity contribution in [3.8, 4) is 22.3 Å². The first-order valence-corrected chi connectivity index (χ1v) is 24.7. The third-order valence-corrected chi connectivity index (χ3v) is 22.6. The molecule has 144 valence electrons. The third kappa shape index (κ3) is 5.50. The van der Waals surface area contributed by atoms with Gasteiger partial charge < -0.3 is 0 Å². The molecule has 0 fully saturated rings. The van der Waals surface area contributed by atoms with Gasteiger partial charge in [0.1, 0.15) is 0 Å². The Labute approximate surface area is 187 Å². The normalized spacial score (nSPS) is 11.4. The van der Waals surface area contributed by atoms with Gasteiger partial charge in [-0.05, 0) is 0 Å². The van der Waals surface area contributed by atoms with Crippen molar-refractivity contribution in [3.63, 3.8) is 0 Å². The topological polar surface area (TPSA) is 25.8 Å². The molecule has 0 bridgehead atoms. The Balaban J connectivity index is 1.62. The van der Waals surface area contributed by atoms with Crippen LogP contribution in [0.4, 0.5) is 0 Å². The van der Waals surface area contributed by atoms with Gasteiger partial charge in [-0.3, -0.25) is 0 Å². The molecule has 2 heterocycles. The second kappa shape index (κ2) is 9.75. The van der Waals surface area contributed by atoms with Crippen molar-refractivity contribution < 1.29 is 0 Å². The van der Waals surface area contributed by atoms with Crippen molar-refractivity contribution in [1.82, 2.24) is 9.97 Å². The minimum absolute atomic E-state index is 0.865. The number of benzene rings is 2. The Hall–Kier alpha value is -1.18. The van der Waals surface area contributed by atoms with Crippen molar-refractivity contribution in [1.29, 1.82) is 0 Å². The van der Waals surface area contributed by atoms with Crippen LogP contribution in [0.2, 0.25) is 0 Å². The van der Waals surface area contributed by atoms with Crippen molar-refractivity contribution in [2.75, 3.05) is 0 Å². The van der Waals surface area contributed by atoms with Crippen LogP contribution in [0.3, 0.4) is 0 Å². The Morgan fingerprint density at radius 2 is 0.966 bits per heavy atom. The van der Waals surface area contributed by atoms with Crippen molar-refractivity contribution in [2.24, 2.45) is 0 Å². The van der Waals surface area contributed by atoms with Gasteiger partial charge in [0.25, 0.3) is 0 Å². The van der Waals surface area contributed by atoms with Crippen molar-refractivity contribution in [2.45, 2.75) is 10.1 Å². The summed E-state index contributed by atoms with van der Waals surface area (Å²) in [6.45, 7) is 0. The Kier molecular flexibility index (Phi) is 7.08. The van der Waals surface area contributed by atoms with Gasteiger partial charge in [0, 0.05) is 0 Å². The molecule has 0 unspecified atom stereocenters. The summed E-state index contributed by atoms with van der Waals surface area (Å²) in [7, 11) is 16.9. The molecule has 0 amide bonds. The average Bonchev–Trinajstić information content (AvgIpc) is 2.75. The summed E-state index contributed by atoms with van der Waals surface area (Å²) in [5.74, 6) is 0. The second-order valence-corrected chi connectivity index (χ2v) is 38.3. The SMILES string of the molecule is [Cl][Sn]([Cl])([S]c1ncccc1-c1ccccc1)[S]c1ncccc1-c1ccccc1. The molecule has 0 saturated carbocycles. The fourth-order valence-corrected chi connectivity index (χ4v) is 21.1. The summed E-state index contributed by atoms with van der Waals surface area (Å²) in [6, 6.07) is 28.3. The van der Waals surface area contributed by atoms with Crippen LogP contribution in [0.5, 0.6) is 0 Å². The fourth-order valence-electron chi connectivity index (χ4n) is 2.87. The zero-order valence-electron chi connectivity index (χ0n) is 15.2. The molecule has 0 N–H and O–H groups in total. The van der Waals surface area contributed by atoms with Crippen LogP contribution in [0.15, 0.2) is 107 Å². The molecular weight excluding hydrogens is 546 g/mol. The first kappa shape index (κ1) is 21.1. The summed E-state index contributed by atoms with van der Waals surface area (Å²) in [4.78, 5) is 9.15. The molecule has 29 heavy (non-hydrogen) atoms. The predicted molar refractivity (Wildman–Crippen MR) is 129 cm³/mol. The molecule has 0 aliphatic carbocycles. The molecule has 7 heteroatoms. The molecule has 2 aromatic heterocycles. The molecule has 2 aromatic carbocycles. The van der Waals surface area contributed by atoms with E-state index in [0.717, 1.165) is 32.3 Å². The van der Waals surface area contributed by atoms with E-state index >= 15 is 0 Å². The zero-order valence-corrected chi connectivity index (χ0v) is 21.2. The van der Waals surface area contributed by atoms with E-state index in [4.69, 9.17) is 17.8 Å². The van der Waals surface area contributed by atoms with Gasteiger partial charge in [0.2, 0.25) is 0 Å². The standard InChI is InChI=1S/2C11H9NS.2ClH.Sn/c2*13-11-10(7-4-8-12-11)9-5-2-1-3-6-9;;;/h2*1-8H,(H,12,13);2*1H;/q;;;;+4/p-4. The van der Waals surface area contributed by atoms with E-state index in [1.807, 2.05) is 48.5 Å². The summed E-state index contributed by atoms with van der Waals surface area (Å²) < 4.78 is 0. The summed E-state index contributed by atoms with van der Waals surface area (Å²) in [5.41, 5.74) is 4.30. The van der Waals surface area contributed by atoms with Crippen LogP contribution in [0, 0.1) is 0 Å². The maximum atomic E-state index is 6.95. The first-order chi connectivity index (χ1) is 14.1.